The first-order valence-corrected chi connectivity index (χ1v) is 6.06. The second kappa shape index (κ2) is 6.94. The zero-order valence-electron chi connectivity index (χ0n) is 10.7. The van der Waals surface area contributed by atoms with E-state index in [9.17, 15) is 9.59 Å². The van der Waals surface area contributed by atoms with Crippen LogP contribution in [0.3, 0.4) is 0 Å². The monoisotopic (exact) mass is 270 g/mol. The summed E-state index contributed by atoms with van der Waals surface area (Å²) in [6.07, 6.45) is 0.0706. The quantitative estimate of drug-likeness (QED) is 0.821. The largest absolute Gasteiger partial charge is 0.444 e. The first-order chi connectivity index (χ1) is 9.78. The summed E-state index contributed by atoms with van der Waals surface area (Å²) in [4.78, 5) is 21.8. The van der Waals surface area contributed by atoms with Gasteiger partial charge in [-0.3, -0.25) is 10.1 Å². The first-order valence-electron chi connectivity index (χ1n) is 6.06. The normalized spacial score (nSPS) is 9.60. The molecule has 0 heterocycles. The summed E-state index contributed by atoms with van der Waals surface area (Å²) >= 11 is 0. The molecule has 0 atom stereocenters. The second-order valence-corrected chi connectivity index (χ2v) is 4.03. The van der Waals surface area contributed by atoms with E-state index in [0.717, 1.165) is 5.56 Å². The smallest absolute Gasteiger partial charge is 0.411 e. The fraction of sp³-hybridized carbons (Fsp3) is 0.0667. The third-order valence-corrected chi connectivity index (χ3v) is 2.57. The van der Waals surface area contributed by atoms with E-state index >= 15 is 0 Å². The van der Waals surface area contributed by atoms with E-state index in [1.165, 1.54) is 0 Å². The molecule has 0 fully saturated rings. The number of hydrogen-bond donors (Lipinski definition) is 2. The molecule has 0 saturated heterocycles. The van der Waals surface area contributed by atoms with Gasteiger partial charge in [0.2, 0.25) is 6.41 Å². The fourth-order valence-corrected chi connectivity index (χ4v) is 1.59. The van der Waals surface area contributed by atoms with Gasteiger partial charge in [-0.1, -0.05) is 30.3 Å². The van der Waals surface area contributed by atoms with Crippen molar-refractivity contribution in [1.82, 2.24) is 0 Å². The SMILES string of the molecule is O=CNc1ccc(NC(=O)OCc2ccccc2)cc1. The lowest BCUT2D eigenvalue weighted by Crippen LogP contribution is -2.13. The van der Waals surface area contributed by atoms with Crippen molar-refractivity contribution >= 4 is 23.9 Å². The second-order valence-electron chi connectivity index (χ2n) is 4.03. The van der Waals surface area contributed by atoms with Crippen molar-refractivity contribution in [2.75, 3.05) is 10.6 Å². The van der Waals surface area contributed by atoms with Gasteiger partial charge in [-0.15, -0.1) is 0 Å². The van der Waals surface area contributed by atoms with Gasteiger partial charge >= 0.3 is 6.09 Å². The predicted molar refractivity (Wildman–Crippen MR) is 76.4 cm³/mol. The highest BCUT2D eigenvalue weighted by atomic mass is 16.5. The van der Waals surface area contributed by atoms with E-state index in [4.69, 9.17) is 4.74 Å². The minimum absolute atomic E-state index is 0.220. The van der Waals surface area contributed by atoms with Crippen LogP contribution >= 0.6 is 0 Å². The predicted octanol–water partition coefficient (Wildman–Crippen LogP) is 3.00. The standard InChI is InChI=1S/C15H14N2O3/c18-11-16-13-6-8-14(9-7-13)17-15(19)20-10-12-4-2-1-3-5-12/h1-9,11H,10H2,(H,16,18)(H,17,19). The van der Waals surface area contributed by atoms with Gasteiger partial charge in [-0.05, 0) is 29.8 Å². The molecule has 0 spiro atoms. The maximum atomic E-state index is 11.6. The molecule has 0 aliphatic carbocycles. The lowest BCUT2D eigenvalue weighted by Gasteiger charge is -2.07. The van der Waals surface area contributed by atoms with Crippen LogP contribution in [0, 0.1) is 0 Å². The van der Waals surface area contributed by atoms with Crippen LogP contribution in [-0.2, 0) is 16.1 Å². The van der Waals surface area contributed by atoms with Crippen LogP contribution < -0.4 is 10.6 Å². The number of benzene rings is 2. The Morgan fingerprint density at radius 2 is 1.65 bits per heavy atom. The molecule has 0 aliphatic rings. The highest BCUT2D eigenvalue weighted by molar-refractivity contribution is 5.85. The summed E-state index contributed by atoms with van der Waals surface area (Å²) in [5.74, 6) is 0. The summed E-state index contributed by atoms with van der Waals surface area (Å²) in [6, 6.07) is 16.1. The zero-order valence-corrected chi connectivity index (χ0v) is 10.7. The molecule has 5 heteroatoms. The third-order valence-electron chi connectivity index (χ3n) is 2.57. The zero-order chi connectivity index (χ0) is 14.2. The molecular weight excluding hydrogens is 256 g/mol. The summed E-state index contributed by atoms with van der Waals surface area (Å²) in [6.45, 7) is 0.220. The van der Waals surface area contributed by atoms with E-state index < -0.39 is 6.09 Å². The third kappa shape index (κ3) is 4.13. The molecule has 0 unspecified atom stereocenters. The van der Waals surface area contributed by atoms with Gasteiger partial charge in [0.25, 0.3) is 0 Å². The number of carbonyl (C=O) groups is 2. The molecule has 2 aromatic carbocycles. The molecule has 2 aromatic rings. The molecule has 2 amide bonds. The van der Waals surface area contributed by atoms with Gasteiger partial charge in [-0.2, -0.15) is 0 Å². The molecule has 0 aromatic heterocycles. The van der Waals surface area contributed by atoms with Crippen molar-refractivity contribution in [3.05, 3.63) is 60.2 Å². The molecule has 20 heavy (non-hydrogen) atoms. The Bertz CT molecular complexity index is 567. The summed E-state index contributed by atoms with van der Waals surface area (Å²) < 4.78 is 5.09. The number of carbonyl (C=O) groups excluding carboxylic acids is 2. The van der Waals surface area contributed by atoms with Gasteiger partial charge in [0.1, 0.15) is 6.61 Å². The van der Waals surface area contributed by atoms with E-state index in [2.05, 4.69) is 10.6 Å². The molecule has 0 bridgehead atoms. The van der Waals surface area contributed by atoms with E-state index in [1.807, 2.05) is 30.3 Å². The van der Waals surface area contributed by atoms with Gasteiger partial charge < -0.3 is 10.1 Å². The topological polar surface area (TPSA) is 67.4 Å². The van der Waals surface area contributed by atoms with Crippen molar-refractivity contribution in [2.45, 2.75) is 6.61 Å². The maximum Gasteiger partial charge on any atom is 0.411 e. The summed E-state index contributed by atoms with van der Waals surface area (Å²) in [5, 5.41) is 5.11. The van der Waals surface area contributed by atoms with Crippen LogP contribution in [0.25, 0.3) is 0 Å². The average molecular weight is 270 g/mol. The molecule has 0 radical (unpaired) electrons. The number of nitrogens with one attached hydrogen (secondary N) is 2. The number of hydrogen-bond acceptors (Lipinski definition) is 3. The summed E-state index contributed by atoms with van der Waals surface area (Å²) in [5.41, 5.74) is 2.18. The lowest BCUT2D eigenvalue weighted by atomic mass is 10.2. The molecule has 102 valence electrons. The average Bonchev–Trinajstić information content (AvgIpc) is 2.49. The Morgan fingerprint density at radius 1 is 1.00 bits per heavy atom. The Morgan fingerprint density at radius 3 is 2.30 bits per heavy atom. The van der Waals surface area contributed by atoms with Gasteiger partial charge in [0.05, 0.1) is 0 Å². The first kappa shape index (κ1) is 13.6. The minimum atomic E-state index is -0.523. The molecule has 2 rings (SSSR count). The number of ether oxygens (including phenoxy) is 1. The van der Waals surface area contributed by atoms with Crippen LogP contribution in [0.15, 0.2) is 54.6 Å². The van der Waals surface area contributed by atoms with Crippen LogP contribution in [0.1, 0.15) is 5.56 Å². The van der Waals surface area contributed by atoms with E-state index in [-0.39, 0.29) is 6.61 Å². The van der Waals surface area contributed by atoms with Crippen LogP contribution in [0.2, 0.25) is 0 Å². The molecule has 0 saturated carbocycles. The van der Waals surface area contributed by atoms with Crippen LogP contribution in [-0.4, -0.2) is 12.5 Å². The number of rotatable bonds is 5. The van der Waals surface area contributed by atoms with Crippen molar-refractivity contribution in [2.24, 2.45) is 0 Å². The molecule has 0 aliphatic heterocycles. The lowest BCUT2D eigenvalue weighted by molar-refractivity contribution is -0.105. The highest BCUT2D eigenvalue weighted by Crippen LogP contribution is 2.13. The van der Waals surface area contributed by atoms with Crippen molar-refractivity contribution in [3.63, 3.8) is 0 Å². The van der Waals surface area contributed by atoms with Crippen molar-refractivity contribution in [3.8, 4) is 0 Å². The van der Waals surface area contributed by atoms with Gasteiger partial charge in [0.15, 0.2) is 0 Å². The fourth-order valence-electron chi connectivity index (χ4n) is 1.59. The van der Waals surface area contributed by atoms with E-state index in [0.29, 0.717) is 17.8 Å². The van der Waals surface area contributed by atoms with Gasteiger partial charge in [-0.25, -0.2) is 4.79 Å². The van der Waals surface area contributed by atoms with E-state index in [1.54, 1.807) is 24.3 Å². The Hall–Kier alpha value is -2.82. The number of anilines is 2. The van der Waals surface area contributed by atoms with Gasteiger partial charge in [0, 0.05) is 11.4 Å². The van der Waals surface area contributed by atoms with Crippen LogP contribution in [0.4, 0.5) is 16.2 Å². The molecule has 5 nitrogen and oxygen atoms in total. The van der Waals surface area contributed by atoms with Crippen molar-refractivity contribution in [1.29, 1.82) is 0 Å². The van der Waals surface area contributed by atoms with Crippen molar-refractivity contribution < 1.29 is 14.3 Å². The Kier molecular flexibility index (Phi) is 4.72. The number of amides is 2. The van der Waals surface area contributed by atoms with Crippen LogP contribution in [0.5, 0.6) is 0 Å². The molecular formula is C15H14N2O3. The summed E-state index contributed by atoms with van der Waals surface area (Å²) in [7, 11) is 0. The Labute approximate surface area is 116 Å². The minimum Gasteiger partial charge on any atom is -0.444 e. The Balaban J connectivity index is 1.83. The highest BCUT2D eigenvalue weighted by Gasteiger charge is 2.03. The molecule has 2 N–H and O–H groups in total. The maximum absolute atomic E-state index is 11.6.